The smallest absolute Gasteiger partial charge is 0.321 e. The van der Waals surface area contributed by atoms with Crippen molar-refractivity contribution in [2.24, 2.45) is 0 Å². The number of fused-ring (bicyclic) bond motifs is 4. The van der Waals surface area contributed by atoms with Gasteiger partial charge in [-0.1, -0.05) is 24.3 Å². The van der Waals surface area contributed by atoms with E-state index in [2.05, 4.69) is 45.7 Å². The average Bonchev–Trinajstić information content (AvgIpc) is 3.22. The lowest BCUT2D eigenvalue weighted by molar-refractivity contribution is 0.174. The maximum atomic E-state index is 13.8. The molecule has 1 aromatic heterocycles. The predicted molar refractivity (Wildman–Crippen MR) is 107 cm³/mol. The van der Waals surface area contributed by atoms with Crippen LogP contribution in [0.2, 0.25) is 0 Å². The molecule has 1 spiro atoms. The molecule has 0 bridgehead atoms. The van der Waals surface area contributed by atoms with Gasteiger partial charge in [0, 0.05) is 25.0 Å². The minimum absolute atomic E-state index is 0.202. The molecule has 3 heterocycles. The summed E-state index contributed by atoms with van der Waals surface area (Å²) in [6, 6.07) is 18.5. The van der Waals surface area contributed by atoms with Gasteiger partial charge in [-0.3, -0.25) is 0 Å². The number of amides is 2. The third kappa shape index (κ3) is 2.64. The Balaban J connectivity index is 1.35. The number of aromatic nitrogens is 1. The molecule has 3 aromatic rings. The van der Waals surface area contributed by atoms with Gasteiger partial charge in [0.15, 0.2) is 0 Å². The van der Waals surface area contributed by atoms with Crippen molar-refractivity contribution >= 4 is 17.4 Å². The van der Waals surface area contributed by atoms with Crippen LogP contribution in [0, 0.1) is 5.82 Å². The number of benzene rings is 2. The van der Waals surface area contributed by atoms with Gasteiger partial charge in [-0.25, -0.2) is 9.18 Å². The molecule has 1 fully saturated rings. The number of anilines is 2. The van der Waals surface area contributed by atoms with Crippen molar-refractivity contribution in [2.45, 2.75) is 18.4 Å². The molecule has 28 heavy (non-hydrogen) atoms. The first-order valence-corrected chi connectivity index (χ1v) is 9.52. The van der Waals surface area contributed by atoms with Gasteiger partial charge < -0.3 is 20.1 Å². The van der Waals surface area contributed by atoms with Gasteiger partial charge in [0.2, 0.25) is 0 Å². The fourth-order valence-corrected chi connectivity index (χ4v) is 4.32. The fourth-order valence-electron chi connectivity index (χ4n) is 4.32. The summed E-state index contributed by atoms with van der Waals surface area (Å²) in [5.74, 6) is -0.423. The molecule has 0 unspecified atom stereocenters. The molecule has 0 atom stereocenters. The summed E-state index contributed by atoms with van der Waals surface area (Å²) in [7, 11) is 0. The lowest BCUT2D eigenvalue weighted by Gasteiger charge is -2.46. The highest BCUT2D eigenvalue weighted by Crippen LogP contribution is 2.43. The second-order valence-corrected chi connectivity index (χ2v) is 7.38. The van der Waals surface area contributed by atoms with Crippen LogP contribution in [0.4, 0.5) is 20.6 Å². The maximum Gasteiger partial charge on any atom is 0.321 e. The van der Waals surface area contributed by atoms with E-state index in [9.17, 15) is 9.18 Å². The topological polar surface area (TPSA) is 49.3 Å². The molecule has 2 aromatic carbocycles. The van der Waals surface area contributed by atoms with E-state index < -0.39 is 5.82 Å². The average molecular weight is 376 g/mol. The summed E-state index contributed by atoms with van der Waals surface area (Å²) in [6.07, 6.45) is 3.67. The van der Waals surface area contributed by atoms with Gasteiger partial charge in [0.05, 0.1) is 22.6 Å². The molecule has 2 aliphatic rings. The Morgan fingerprint density at radius 3 is 2.57 bits per heavy atom. The fraction of sp³-hybridized carbons (Fsp3) is 0.227. The molecule has 0 saturated carbocycles. The number of carbonyl (C=O) groups is 1. The zero-order valence-corrected chi connectivity index (χ0v) is 15.4. The van der Waals surface area contributed by atoms with Gasteiger partial charge >= 0.3 is 6.03 Å². The lowest BCUT2D eigenvalue weighted by atomic mass is 9.82. The van der Waals surface area contributed by atoms with Crippen molar-refractivity contribution in [1.82, 2.24) is 9.47 Å². The Hall–Kier alpha value is -3.28. The van der Waals surface area contributed by atoms with Crippen LogP contribution >= 0.6 is 0 Å². The van der Waals surface area contributed by atoms with Crippen LogP contribution in [-0.2, 0) is 5.54 Å². The van der Waals surface area contributed by atoms with Gasteiger partial charge in [-0.05, 0) is 49.2 Å². The van der Waals surface area contributed by atoms with E-state index in [1.165, 1.54) is 11.8 Å². The molecule has 2 amide bonds. The second-order valence-electron chi connectivity index (χ2n) is 7.38. The molecular formula is C22H21FN4O. The zero-order valence-electron chi connectivity index (χ0n) is 15.4. The number of rotatable bonds is 1. The summed E-state index contributed by atoms with van der Waals surface area (Å²) >= 11 is 0. The number of piperidine rings is 1. The second kappa shape index (κ2) is 6.41. The van der Waals surface area contributed by atoms with E-state index in [0.29, 0.717) is 13.1 Å². The number of hydrogen-bond donors (Lipinski definition) is 2. The summed E-state index contributed by atoms with van der Waals surface area (Å²) in [6.45, 7) is 1.20. The van der Waals surface area contributed by atoms with Gasteiger partial charge in [-0.2, -0.15) is 0 Å². The number of para-hydroxylation sites is 3. The number of carbonyl (C=O) groups excluding carboxylic acids is 1. The van der Waals surface area contributed by atoms with E-state index >= 15 is 0 Å². The summed E-state index contributed by atoms with van der Waals surface area (Å²) in [4.78, 5) is 14.4. The van der Waals surface area contributed by atoms with Gasteiger partial charge in [0.1, 0.15) is 5.82 Å². The van der Waals surface area contributed by atoms with E-state index in [1.54, 1.807) is 23.1 Å². The Morgan fingerprint density at radius 1 is 1.00 bits per heavy atom. The summed E-state index contributed by atoms with van der Waals surface area (Å²) < 4.78 is 16.1. The van der Waals surface area contributed by atoms with Crippen LogP contribution in [0.25, 0.3) is 5.69 Å². The molecule has 2 N–H and O–H groups in total. The Morgan fingerprint density at radius 2 is 1.75 bits per heavy atom. The molecule has 2 aliphatic heterocycles. The van der Waals surface area contributed by atoms with Crippen LogP contribution in [0.1, 0.15) is 18.5 Å². The zero-order chi connectivity index (χ0) is 19.1. The third-order valence-electron chi connectivity index (χ3n) is 5.80. The standard InChI is InChI=1S/C22H21FN4O/c23-16-6-1-2-7-17(16)24-21(28)26-14-11-22(12-15-26)20-10-5-13-27(20)19-9-4-3-8-18(19)25-22/h1-10,13,25H,11-12,14-15H2,(H,24,28). The first-order chi connectivity index (χ1) is 13.7. The van der Waals surface area contributed by atoms with Crippen LogP contribution in [0.5, 0.6) is 0 Å². The number of likely N-dealkylation sites (tertiary alicyclic amines) is 1. The summed E-state index contributed by atoms with van der Waals surface area (Å²) in [5.41, 5.74) is 3.49. The van der Waals surface area contributed by atoms with Gasteiger partial charge in [0.25, 0.3) is 0 Å². The van der Waals surface area contributed by atoms with E-state index in [4.69, 9.17) is 0 Å². The molecule has 5 nitrogen and oxygen atoms in total. The molecule has 142 valence electrons. The highest BCUT2D eigenvalue weighted by molar-refractivity contribution is 5.89. The molecule has 6 heteroatoms. The van der Waals surface area contributed by atoms with Crippen LogP contribution < -0.4 is 10.6 Å². The largest absolute Gasteiger partial charge is 0.372 e. The minimum atomic E-state index is -0.423. The van der Waals surface area contributed by atoms with Crippen LogP contribution in [-0.4, -0.2) is 28.6 Å². The number of urea groups is 1. The van der Waals surface area contributed by atoms with Crippen molar-refractivity contribution in [3.8, 4) is 5.69 Å². The van der Waals surface area contributed by atoms with Crippen LogP contribution in [0.3, 0.4) is 0 Å². The van der Waals surface area contributed by atoms with E-state index in [1.807, 2.05) is 12.1 Å². The molecule has 1 saturated heterocycles. The number of nitrogens with zero attached hydrogens (tertiary/aromatic N) is 2. The highest BCUT2D eigenvalue weighted by atomic mass is 19.1. The Labute approximate surface area is 162 Å². The van der Waals surface area contributed by atoms with Crippen molar-refractivity contribution in [3.05, 3.63) is 78.4 Å². The number of hydrogen-bond acceptors (Lipinski definition) is 2. The normalized spacial score (nSPS) is 16.8. The Kier molecular flexibility index (Phi) is 3.86. The molecule has 0 aliphatic carbocycles. The van der Waals surface area contributed by atoms with Crippen molar-refractivity contribution in [2.75, 3.05) is 23.7 Å². The third-order valence-corrected chi connectivity index (χ3v) is 5.80. The van der Waals surface area contributed by atoms with Gasteiger partial charge in [-0.15, -0.1) is 0 Å². The lowest BCUT2D eigenvalue weighted by Crippen LogP contribution is -2.51. The van der Waals surface area contributed by atoms with Crippen LogP contribution in [0.15, 0.2) is 66.9 Å². The SMILES string of the molecule is O=C(Nc1ccccc1F)N1CCC2(CC1)Nc1ccccc1-n1cccc12. The van der Waals surface area contributed by atoms with Crippen molar-refractivity contribution in [1.29, 1.82) is 0 Å². The monoisotopic (exact) mass is 376 g/mol. The highest BCUT2D eigenvalue weighted by Gasteiger charge is 2.42. The minimum Gasteiger partial charge on any atom is -0.372 e. The number of nitrogens with one attached hydrogen (secondary N) is 2. The van der Waals surface area contributed by atoms with E-state index in [0.717, 1.165) is 24.2 Å². The molecular weight excluding hydrogens is 355 g/mol. The molecule has 0 radical (unpaired) electrons. The quantitative estimate of drug-likeness (QED) is 0.654. The Bertz CT molecular complexity index is 1040. The first-order valence-electron chi connectivity index (χ1n) is 9.52. The van der Waals surface area contributed by atoms with E-state index in [-0.39, 0.29) is 17.3 Å². The summed E-state index contributed by atoms with van der Waals surface area (Å²) in [5, 5.41) is 6.42. The number of halogens is 1. The first kappa shape index (κ1) is 16.9. The van der Waals surface area contributed by atoms with Crippen molar-refractivity contribution < 1.29 is 9.18 Å². The maximum absolute atomic E-state index is 13.8. The molecule has 5 rings (SSSR count). The predicted octanol–water partition coefficient (Wildman–Crippen LogP) is 4.57. The van der Waals surface area contributed by atoms with Crippen molar-refractivity contribution in [3.63, 3.8) is 0 Å².